The van der Waals surface area contributed by atoms with E-state index >= 15 is 0 Å². The van der Waals surface area contributed by atoms with Crippen LogP contribution in [0.3, 0.4) is 0 Å². The predicted molar refractivity (Wildman–Crippen MR) is 73.0 cm³/mol. The molecule has 1 rings (SSSR count). The lowest BCUT2D eigenvalue weighted by Gasteiger charge is -2.14. The molecule has 0 aliphatic carbocycles. The third kappa shape index (κ3) is 4.36. The Labute approximate surface area is 122 Å². The van der Waals surface area contributed by atoms with Gasteiger partial charge in [0.05, 0.1) is 10.7 Å². The van der Waals surface area contributed by atoms with E-state index in [1.165, 1.54) is 0 Å². The van der Waals surface area contributed by atoms with Crippen molar-refractivity contribution in [2.24, 2.45) is 0 Å². The van der Waals surface area contributed by atoms with Gasteiger partial charge in [-0.3, -0.25) is 0 Å². The summed E-state index contributed by atoms with van der Waals surface area (Å²) in [6.45, 7) is 1.62. The van der Waals surface area contributed by atoms with E-state index in [0.717, 1.165) is 12.1 Å². The van der Waals surface area contributed by atoms with Gasteiger partial charge >= 0.3 is 12.0 Å². The summed E-state index contributed by atoms with van der Waals surface area (Å²) in [6.07, 6.45) is 0.237. The number of carbonyl (C=O) groups excluding carboxylic acids is 1. The van der Waals surface area contributed by atoms with Gasteiger partial charge in [-0.1, -0.05) is 18.5 Å². The van der Waals surface area contributed by atoms with Crippen LogP contribution in [0.15, 0.2) is 16.6 Å². The molecule has 0 aliphatic heterocycles. The highest BCUT2D eigenvalue weighted by molar-refractivity contribution is 9.10. The molecule has 3 N–H and O–H groups in total. The minimum Gasteiger partial charge on any atom is -0.480 e. The average Bonchev–Trinajstić information content (AvgIpc) is 2.30. The lowest BCUT2D eigenvalue weighted by atomic mass is 10.2. The van der Waals surface area contributed by atoms with Crippen LogP contribution in [-0.4, -0.2) is 23.1 Å². The summed E-state index contributed by atoms with van der Waals surface area (Å²) in [6, 6.07) is 0.438. The van der Waals surface area contributed by atoms with E-state index in [1.807, 2.05) is 0 Å². The van der Waals surface area contributed by atoms with E-state index in [2.05, 4.69) is 26.6 Å². The highest BCUT2D eigenvalue weighted by Gasteiger charge is 2.19. The number of carboxylic acid groups (broad SMARTS) is 1. The second-order valence-electron chi connectivity index (χ2n) is 3.64. The Hall–Kier alpha value is -1.34. The lowest BCUT2D eigenvalue weighted by Crippen LogP contribution is -2.42. The van der Waals surface area contributed by atoms with E-state index in [0.29, 0.717) is 0 Å². The van der Waals surface area contributed by atoms with E-state index in [1.54, 1.807) is 6.92 Å². The standard InChI is InChI=1S/C11H11BrClFN2O3/c1-2-8(10(17)18)15-11(19)16-9-6(12)3-5(14)4-7(9)13/h3-4,8H,2H2,1H3,(H,17,18)(H2,15,16,19). The number of urea groups is 1. The van der Waals surface area contributed by atoms with E-state index < -0.39 is 23.9 Å². The number of anilines is 1. The van der Waals surface area contributed by atoms with Gasteiger partial charge in [-0.25, -0.2) is 14.0 Å². The number of hydrogen-bond donors (Lipinski definition) is 3. The van der Waals surface area contributed by atoms with Gasteiger partial charge in [0.15, 0.2) is 0 Å². The van der Waals surface area contributed by atoms with Crippen LogP contribution in [0.4, 0.5) is 14.9 Å². The minimum atomic E-state index is -1.14. The van der Waals surface area contributed by atoms with Gasteiger partial charge in [0.2, 0.25) is 0 Å². The third-order valence-corrected chi connectivity index (χ3v) is 3.18. The molecule has 8 heteroatoms. The van der Waals surface area contributed by atoms with Gasteiger partial charge in [0, 0.05) is 4.47 Å². The molecule has 1 aromatic rings. The fourth-order valence-electron chi connectivity index (χ4n) is 1.31. The average molecular weight is 354 g/mol. The minimum absolute atomic E-state index is 0.00500. The molecule has 0 fully saturated rings. The van der Waals surface area contributed by atoms with Crippen LogP contribution in [0.5, 0.6) is 0 Å². The van der Waals surface area contributed by atoms with Crippen LogP contribution in [0.25, 0.3) is 0 Å². The normalized spacial score (nSPS) is 11.8. The van der Waals surface area contributed by atoms with Crippen molar-refractivity contribution < 1.29 is 19.1 Å². The molecule has 19 heavy (non-hydrogen) atoms. The first-order chi connectivity index (χ1) is 8.85. The number of carboxylic acids is 1. The number of nitrogens with one attached hydrogen (secondary N) is 2. The summed E-state index contributed by atoms with van der Waals surface area (Å²) >= 11 is 8.84. The van der Waals surface area contributed by atoms with E-state index in [9.17, 15) is 14.0 Å². The number of benzene rings is 1. The molecule has 0 spiro atoms. The van der Waals surface area contributed by atoms with Crippen LogP contribution in [0.1, 0.15) is 13.3 Å². The Morgan fingerprint density at radius 3 is 2.63 bits per heavy atom. The Morgan fingerprint density at radius 2 is 2.16 bits per heavy atom. The number of carbonyl (C=O) groups is 2. The summed E-state index contributed by atoms with van der Waals surface area (Å²) < 4.78 is 13.3. The number of amides is 2. The molecule has 0 radical (unpaired) electrons. The number of hydrogen-bond acceptors (Lipinski definition) is 2. The second kappa shape index (κ2) is 6.72. The van der Waals surface area contributed by atoms with Crippen molar-refractivity contribution in [3.05, 3.63) is 27.4 Å². The summed E-state index contributed by atoms with van der Waals surface area (Å²) in [4.78, 5) is 22.4. The maximum atomic E-state index is 13.0. The van der Waals surface area contributed by atoms with Crippen molar-refractivity contribution in [1.82, 2.24) is 5.32 Å². The molecule has 1 unspecified atom stereocenters. The van der Waals surface area contributed by atoms with Crippen LogP contribution in [0.2, 0.25) is 5.02 Å². The van der Waals surface area contributed by atoms with Crippen molar-refractivity contribution in [2.75, 3.05) is 5.32 Å². The number of halogens is 3. The Balaban J connectivity index is 2.80. The molecule has 0 aliphatic rings. The van der Waals surface area contributed by atoms with Crippen molar-refractivity contribution in [1.29, 1.82) is 0 Å². The topological polar surface area (TPSA) is 78.4 Å². The smallest absolute Gasteiger partial charge is 0.326 e. The lowest BCUT2D eigenvalue weighted by molar-refractivity contribution is -0.139. The number of rotatable bonds is 4. The largest absolute Gasteiger partial charge is 0.480 e. The molecule has 0 saturated carbocycles. The summed E-state index contributed by atoms with van der Waals surface area (Å²) in [7, 11) is 0. The summed E-state index contributed by atoms with van der Waals surface area (Å²) in [5.41, 5.74) is 0.167. The molecule has 104 valence electrons. The van der Waals surface area contributed by atoms with E-state index in [4.69, 9.17) is 16.7 Å². The van der Waals surface area contributed by atoms with Crippen molar-refractivity contribution >= 4 is 45.2 Å². The highest BCUT2D eigenvalue weighted by Crippen LogP contribution is 2.31. The van der Waals surface area contributed by atoms with Crippen molar-refractivity contribution in [3.8, 4) is 0 Å². The maximum Gasteiger partial charge on any atom is 0.326 e. The first-order valence-corrected chi connectivity index (χ1v) is 6.47. The van der Waals surface area contributed by atoms with Gasteiger partial charge in [-0.15, -0.1) is 0 Å². The Kier molecular flexibility index (Phi) is 5.56. The summed E-state index contributed by atoms with van der Waals surface area (Å²) in [5, 5.41) is 13.4. The predicted octanol–water partition coefficient (Wildman–Crippen LogP) is 3.23. The van der Waals surface area contributed by atoms with Gasteiger partial charge < -0.3 is 15.7 Å². The monoisotopic (exact) mass is 352 g/mol. The molecule has 0 heterocycles. The molecule has 1 aromatic carbocycles. The molecular formula is C11H11BrClFN2O3. The van der Waals surface area contributed by atoms with Gasteiger partial charge in [0.25, 0.3) is 0 Å². The van der Waals surface area contributed by atoms with Crippen LogP contribution in [-0.2, 0) is 4.79 Å². The molecule has 0 aromatic heterocycles. The van der Waals surface area contributed by atoms with Crippen LogP contribution in [0, 0.1) is 5.82 Å². The third-order valence-electron chi connectivity index (χ3n) is 2.26. The fourth-order valence-corrected chi connectivity index (χ4v) is 2.21. The van der Waals surface area contributed by atoms with Gasteiger partial charge in [0.1, 0.15) is 11.9 Å². The zero-order valence-electron chi connectivity index (χ0n) is 9.84. The zero-order valence-corrected chi connectivity index (χ0v) is 12.2. The summed E-state index contributed by atoms with van der Waals surface area (Å²) in [5.74, 6) is -1.69. The van der Waals surface area contributed by atoms with E-state index in [-0.39, 0.29) is 21.6 Å². The maximum absolute atomic E-state index is 13.0. The molecule has 1 atom stereocenters. The molecule has 5 nitrogen and oxygen atoms in total. The van der Waals surface area contributed by atoms with Gasteiger partial charge in [-0.05, 0) is 34.5 Å². The Bertz CT molecular complexity index is 490. The van der Waals surface area contributed by atoms with Gasteiger partial charge in [-0.2, -0.15) is 0 Å². The number of aliphatic carboxylic acids is 1. The Morgan fingerprint density at radius 1 is 1.53 bits per heavy atom. The molecular weight excluding hydrogens is 342 g/mol. The molecule has 0 saturated heterocycles. The highest BCUT2D eigenvalue weighted by atomic mass is 79.9. The quantitative estimate of drug-likeness (QED) is 0.777. The van der Waals surface area contributed by atoms with Crippen molar-refractivity contribution in [3.63, 3.8) is 0 Å². The first-order valence-electron chi connectivity index (χ1n) is 5.30. The fraction of sp³-hybridized carbons (Fsp3) is 0.273. The molecule has 2 amide bonds. The zero-order chi connectivity index (χ0) is 14.6. The van der Waals surface area contributed by atoms with Crippen molar-refractivity contribution in [2.45, 2.75) is 19.4 Å². The SMILES string of the molecule is CCC(NC(=O)Nc1c(Cl)cc(F)cc1Br)C(=O)O. The molecule has 0 bridgehead atoms. The van der Waals surface area contributed by atoms with Crippen LogP contribution >= 0.6 is 27.5 Å². The van der Waals surface area contributed by atoms with Crippen LogP contribution < -0.4 is 10.6 Å². The second-order valence-corrected chi connectivity index (χ2v) is 4.90. The first kappa shape index (κ1) is 15.7.